The summed E-state index contributed by atoms with van der Waals surface area (Å²) in [6.07, 6.45) is 4.84. The highest BCUT2D eigenvalue weighted by molar-refractivity contribution is 4.93. The van der Waals surface area contributed by atoms with Gasteiger partial charge in [-0.2, -0.15) is 0 Å². The van der Waals surface area contributed by atoms with Crippen molar-refractivity contribution >= 4 is 0 Å². The zero-order valence-corrected chi connectivity index (χ0v) is 14.3. The van der Waals surface area contributed by atoms with Crippen LogP contribution < -0.4 is 0 Å². The molecule has 2 nitrogen and oxygen atoms in total. The summed E-state index contributed by atoms with van der Waals surface area (Å²) < 4.78 is 11.8. The largest absolute Gasteiger partial charge is 0.354 e. The van der Waals surface area contributed by atoms with E-state index in [1.807, 2.05) is 13.8 Å². The van der Waals surface area contributed by atoms with Gasteiger partial charge >= 0.3 is 0 Å². The molecular formula is C17H34O2. The average molecular weight is 270 g/mol. The molecule has 0 spiro atoms. The van der Waals surface area contributed by atoms with Crippen molar-refractivity contribution in [2.75, 3.05) is 7.11 Å². The minimum absolute atomic E-state index is 0.0612. The van der Waals surface area contributed by atoms with Crippen molar-refractivity contribution in [1.82, 2.24) is 0 Å². The molecule has 0 N–H and O–H groups in total. The Kier molecular flexibility index (Phi) is 5.12. The Morgan fingerprint density at radius 2 is 1.74 bits per heavy atom. The van der Waals surface area contributed by atoms with E-state index in [1.54, 1.807) is 7.11 Å². The molecule has 0 aliphatic heterocycles. The van der Waals surface area contributed by atoms with Gasteiger partial charge in [-0.05, 0) is 57.3 Å². The molecule has 1 rings (SSSR count). The third-order valence-electron chi connectivity index (χ3n) is 5.15. The van der Waals surface area contributed by atoms with Crippen molar-refractivity contribution in [3.63, 3.8) is 0 Å². The standard InChI is InChI=1S/C17H34O2/c1-9-15(3,4)14-10-13(2)11-17(7,12-14)19-16(5,6)18-8/h13-14H,9-12H2,1-8H3. The van der Waals surface area contributed by atoms with Gasteiger partial charge in [0, 0.05) is 7.11 Å². The van der Waals surface area contributed by atoms with Gasteiger partial charge in [0.1, 0.15) is 0 Å². The maximum Gasteiger partial charge on any atom is 0.163 e. The number of ether oxygens (including phenoxy) is 2. The summed E-state index contributed by atoms with van der Waals surface area (Å²) in [5.74, 6) is 0.966. The highest BCUT2D eigenvalue weighted by atomic mass is 16.7. The van der Waals surface area contributed by atoms with Crippen LogP contribution in [-0.2, 0) is 9.47 Å². The van der Waals surface area contributed by atoms with Crippen LogP contribution in [0.3, 0.4) is 0 Å². The molecule has 1 saturated carbocycles. The summed E-state index contributed by atoms with van der Waals surface area (Å²) in [6, 6.07) is 0. The van der Waals surface area contributed by atoms with Crippen molar-refractivity contribution in [3.8, 4) is 0 Å². The van der Waals surface area contributed by atoms with Crippen molar-refractivity contribution < 1.29 is 9.47 Å². The molecule has 3 unspecified atom stereocenters. The summed E-state index contributed by atoms with van der Waals surface area (Å²) in [5.41, 5.74) is 0.338. The molecule has 1 aliphatic carbocycles. The van der Waals surface area contributed by atoms with Gasteiger partial charge < -0.3 is 9.47 Å². The maximum absolute atomic E-state index is 6.33. The number of hydrogen-bond donors (Lipinski definition) is 0. The van der Waals surface area contributed by atoms with Crippen LogP contribution in [0.4, 0.5) is 0 Å². The lowest BCUT2D eigenvalue weighted by Crippen LogP contribution is -2.47. The van der Waals surface area contributed by atoms with Gasteiger partial charge in [0.05, 0.1) is 5.60 Å². The predicted molar refractivity (Wildman–Crippen MR) is 81.2 cm³/mol. The lowest BCUT2D eigenvalue weighted by atomic mass is 9.63. The van der Waals surface area contributed by atoms with Crippen LogP contribution in [0.15, 0.2) is 0 Å². The van der Waals surface area contributed by atoms with Crippen LogP contribution in [-0.4, -0.2) is 18.5 Å². The van der Waals surface area contributed by atoms with E-state index in [0.717, 1.165) is 24.7 Å². The first kappa shape index (κ1) is 17.0. The molecule has 2 heteroatoms. The molecule has 3 atom stereocenters. The molecular weight excluding hydrogens is 236 g/mol. The monoisotopic (exact) mass is 270 g/mol. The summed E-state index contributed by atoms with van der Waals surface area (Å²) in [7, 11) is 1.73. The van der Waals surface area contributed by atoms with E-state index in [2.05, 4.69) is 34.6 Å². The van der Waals surface area contributed by atoms with E-state index in [9.17, 15) is 0 Å². The molecule has 114 valence electrons. The van der Waals surface area contributed by atoms with Gasteiger partial charge in [-0.1, -0.05) is 34.1 Å². The third-order valence-corrected chi connectivity index (χ3v) is 5.15. The van der Waals surface area contributed by atoms with Crippen molar-refractivity contribution in [1.29, 1.82) is 0 Å². The molecule has 0 amide bonds. The molecule has 0 radical (unpaired) electrons. The normalized spacial score (nSPS) is 33.5. The zero-order chi connectivity index (χ0) is 14.9. The molecule has 0 aromatic carbocycles. The van der Waals surface area contributed by atoms with Gasteiger partial charge in [-0.15, -0.1) is 0 Å². The molecule has 1 fully saturated rings. The highest BCUT2D eigenvalue weighted by Crippen LogP contribution is 2.48. The van der Waals surface area contributed by atoms with Crippen LogP contribution in [0.5, 0.6) is 0 Å². The smallest absolute Gasteiger partial charge is 0.163 e. The minimum Gasteiger partial charge on any atom is -0.354 e. The van der Waals surface area contributed by atoms with Gasteiger partial charge in [0.2, 0.25) is 0 Å². The SMILES string of the molecule is CCC(C)(C)C1CC(C)CC(C)(OC(C)(C)OC)C1. The molecule has 19 heavy (non-hydrogen) atoms. The van der Waals surface area contributed by atoms with Gasteiger partial charge in [-0.25, -0.2) is 0 Å². The summed E-state index contributed by atoms with van der Waals surface area (Å²) >= 11 is 0. The Morgan fingerprint density at radius 3 is 2.21 bits per heavy atom. The number of rotatable bonds is 5. The first-order chi connectivity index (χ1) is 8.53. The van der Waals surface area contributed by atoms with Crippen LogP contribution in [0.2, 0.25) is 0 Å². The fourth-order valence-corrected chi connectivity index (χ4v) is 3.60. The molecule has 0 heterocycles. The lowest BCUT2D eigenvalue weighted by Gasteiger charge is -2.49. The van der Waals surface area contributed by atoms with Crippen LogP contribution in [0.25, 0.3) is 0 Å². The summed E-state index contributed by atoms with van der Waals surface area (Å²) in [6.45, 7) is 15.8. The van der Waals surface area contributed by atoms with Gasteiger partial charge in [0.15, 0.2) is 5.79 Å². The number of methoxy groups -OCH3 is 1. The Labute approximate surface area is 120 Å². The highest BCUT2D eigenvalue weighted by Gasteiger charge is 2.44. The van der Waals surface area contributed by atoms with Crippen LogP contribution >= 0.6 is 0 Å². The van der Waals surface area contributed by atoms with Crippen molar-refractivity contribution in [2.45, 2.75) is 85.5 Å². The van der Waals surface area contributed by atoms with Gasteiger partial charge in [-0.3, -0.25) is 0 Å². The Balaban J connectivity index is 2.85. The van der Waals surface area contributed by atoms with E-state index < -0.39 is 5.79 Å². The summed E-state index contributed by atoms with van der Waals surface area (Å²) in [5, 5.41) is 0. The second-order valence-corrected chi connectivity index (χ2v) is 7.94. The molecule has 0 aromatic rings. The van der Waals surface area contributed by atoms with E-state index in [4.69, 9.17) is 9.47 Å². The fourth-order valence-electron chi connectivity index (χ4n) is 3.60. The topological polar surface area (TPSA) is 18.5 Å². The minimum atomic E-state index is -0.493. The second-order valence-electron chi connectivity index (χ2n) is 7.94. The number of hydrogen-bond acceptors (Lipinski definition) is 2. The Bertz CT molecular complexity index is 296. The van der Waals surface area contributed by atoms with E-state index in [1.165, 1.54) is 12.8 Å². The second kappa shape index (κ2) is 5.73. The first-order valence-electron chi connectivity index (χ1n) is 7.79. The van der Waals surface area contributed by atoms with Crippen molar-refractivity contribution in [3.05, 3.63) is 0 Å². The van der Waals surface area contributed by atoms with E-state index in [0.29, 0.717) is 5.41 Å². The maximum atomic E-state index is 6.33. The molecule has 1 aliphatic rings. The fraction of sp³-hybridized carbons (Fsp3) is 1.00. The molecule has 0 bridgehead atoms. The molecule has 0 saturated heterocycles. The zero-order valence-electron chi connectivity index (χ0n) is 14.3. The van der Waals surface area contributed by atoms with Crippen LogP contribution in [0.1, 0.15) is 74.1 Å². The van der Waals surface area contributed by atoms with E-state index in [-0.39, 0.29) is 5.60 Å². The predicted octanol–water partition coefficient (Wildman–Crippen LogP) is 5.02. The van der Waals surface area contributed by atoms with Crippen LogP contribution in [0, 0.1) is 17.3 Å². The first-order valence-corrected chi connectivity index (χ1v) is 7.79. The average Bonchev–Trinajstić information content (AvgIpc) is 2.26. The molecule has 0 aromatic heterocycles. The Hall–Kier alpha value is -0.0800. The van der Waals surface area contributed by atoms with E-state index >= 15 is 0 Å². The quantitative estimate of drug-likeness (QED) is 0.653. The Morgan fingerprint density at radius 1 is 1.16 bits per heavy atom. The van der Waals surface area contributed by atoms with Gasteiger partial charge in [0.25, 0.3) is 0 Å². The third kappa shape index (κ3) is 4.46. The lowest BCUT2D eigenvalue weighted by molar-refractivity contribution is -0.270. The summed E-state index contributed by atoms with van der Waals surface area (Å²) in [4.78, 5) is 0. The van der Waals surface area contributed by atoms with Crippen molar-refractivity contribution in [2.24, 2.45) is 17.3 Å².